The van der Waals surface area contributed by atoms with Crippen LogP contribution in [0.2, 0.25) is 0 Å². The van der Waals surface area contributed by atoms with E-state index in [0.29, 0.717) is 26.1 Å². The Hall–Kier alpha value is -2.47. The Morgan fingerprint density at radius 1 is 1.38 bits per heavy atom. The molecule has 6 nitrogen and oxygen atoms in total. The third kappa shape index (κ3) is 4.08. The van der Waals surface area contributed by atoms with Gasteiger partial charge in [0.25, 0.3) is 0 Å². The van der Waals surface area contributed by atoms with E-state index >= 15 is 0 Å². The van der Waals surface area contributed by atoms with Gasteiger partial charge < -0.3 is 14.2 Å². The molecule has 2 aromatic rings. The number of nitrogens with zero attached hydrogens (tertiary/aromatic N) is 4. The fourth-order valence-corrected chi connectivity index (χ4v) is 2.76. The Morgan fingerprint density at radius 2 is 2.21 bits per heavy atom. The summed E-state index contributed by atoms with van der Waals surface area (Å²) in [5, 5.41) is 7.96. The van der Waals surface area contributed by atoms with Gasteiger partial charge in [0.2, 0.25) is 5.91 Å². The first kappa shape index (κ1) is 16.4. The predicted octanol–water partition coefficient (Wildman–Crippen LogP) is 2.21. The van der Waals surface area contributed by atoms with Crippen molar-refractivity contribution in [1.82, 2.24) is 19.7 Å². The van der Waals surface area contributed by atoms with E-state index in [1.165, 1.54) is 0 Å². The average molecular weight is 326 g/mol. The summed E-state index contributed by atoms with van der Waals surface area (Å²) < 4.78 is 7.57. The summed E-state index contributed by atoms with van der Waals surface area (Å²) in [7, 11) is 1.88. The molecule has 2 heterocycles. The standard InChI is InChI=1S/C18H22N4O2/c1-21-14-19-20-18(21)16-13-22(11-12-24-16)17(23)10-6-5-9-15-7-3-2-4-8-15/h2-5,7-9,14,16H,6,10-13H2,1H3/b9-5+. The second kappa shape index (κ2) is 7.88. The molecule has 3 rings (SSSR count). The first-order chi connectivity index (χ1) is 11.7. The minimum absolute atomic E-state index is 0.156. The van der Waals surface area contributed by atoms with Gasteiger partial charge in [-0.15, -0.1) is 10.2 Å². The number of allylic oxidation sites excluding steroid dienone is 1. The van der Waals surface area contributed by atoms with Crippen molar-refractivity contribution >= 4 is 12.0 Å². The van der Waals surface area contributed by atoms with E-state index in [9.17, 15) is 4.79 Å². The summed E-state index contributed by atoms with van der Waals surface area (Å²) in [5.74, 6) is 0.916. The molecule has 0 aliphatic carbocycles. The number of amides is 1. The number of morpholine rings is 1. The summed E-state index contributed by atoms with van der Waals surface area (Å²) in [4.78, 5) is 14.3. The zero-order valence-corrected chi connectivity index (χ0v) is 13.8. The van der Waals surface area contributed by atoms with Crippen molar-refractivity contribution in [3.8, 4) is 0 Å². The molecule has 0 spiro atoms. The number of aromatic nitrogens is 3. The van der Waals surface area contributed by atoms with Gasteiger partial charge in [-0.2, -0.15) is 0 Å². The lowest BCUT2D eigenvalue weighted by Crippen LogP contribution is -2.42. The summed E-state index contributed by atoms with van der Waals surface area (Å²) in [6.45, 7) is 1.70. The maximum atomic E-state index is 12.4. The lowest BCUT2D eigenvalue weighted by Gasteiger charge is -2.32. The normalized spacial score (nSPS) is 18.2. The van der Waals surface area contributed by atoms with E-state index in [1.54, 1.807) is 6.33 Å². The quantitative estimate of drug-likeness (QED) is 0.845. The third-order valence-corrected chi connectivity index (χ3v) is 4.09. The predicted molar refractivity (Wildman–Crippen MR) is 91.0 cm³/mol. The summed E-state index contributed by atoms with van der Waals surface area (Å²) in [6, 6.07) is 10.1. The summed E-state index contributed by atoms with van der Waals surface area (Å²) in [6.07, 6.45) is 6.79. The van der Waals surface area contributed by atoms with Crippen LogP contribution in [0.15, 0.2) is 42.7 Å². The van der Waals surface area contributed by atoms with Crippen LogP contribution in [0.4, 0.5) is 0 Å². The minimum atomic E-state index is -0.199. The molecule has 0 radical (unpaired) electrons. The zero-order chi connectivity index (χ0) is 16.8. The van der Waals surface area contributed by atoms with E-state index in [1.807, 2.05) is 52.9 Å². The largest absolute Gasteiger partial charge is 0.366 e. The monoisotopic (exact) mass is 326 g/mol. The molecule has 0 bridgehead atoms. The molecule has 1 aromatic heterocycles. The van der Waals surface area contributed by atoms with Gasteiger partial charge in [-0.25, -0.2) is 0 Å². The highest BCUT2D eigenvalue weighted by atomic mass is 16.5. The fourth-order valence-electron chi connectivity index (χ4n) is 2.76. The number of benzene rings is 1. The molecule has 1 fully saturated rings. The second-order valence-corrected chi connectivity index (χ2v) is 5.85. The number of carbonyl (C=O) groups excluding carboxylic acids is 1. The van der Waals surface area contributed by atoms with Crippen LogP contribution < -0.4 is 0 Å². The number of carbonyl (C=O) groups is 1. The van der Waals surface area contributed by atoms with Gasteiger partial charge in [0.1, 0.15) is 12.4 Å². The zero-order valence-electron chi connectivity index (χ0n) is 13.8. The Labute approximate surface area is 141 Å². The van der Waals surface area contributed by atoms with Crippen molar-refractivity contribution in [3.63, 3.8) is 0 Å². The number of rotatable bonds is 5. The number of hydrogen-bond donors (Lipinski definition) is 0. The summed E-state index contributed by atoms with van der Waals surface area (Å²) >= 11 is 0. The minimum Gasteiger partial charge on any atom is -0.366 e. The molecule has 24 heavy (non-hydrogen) atoms. The van der Waals surface area contributed by atoms with Crippen molar-refractivity contribution in [2.45, 2.75) is 18.9 Å². The lowest BCUT2D eigenvalue weighted by molar-refractivity contribution is -0.139. The van der Waals surface area contributed by atoms with Crippen molar-refractivity contribution in [1.29, 1.82) is 0 Å². The second-order valence-electron chi connectivity index (χ2n) is 5.85. The van der Waals surface area contributed by atoms with Gasteiger partial charge in [-0.3, -0.25) is 4.79 Å². The topological polar surface area (TPSA) is 60.2 Å². The fraction of sp³-hybridized carbons (Fsp3) is 0.389. The molecule has 0 saturated carbocycles. The molecule has 0 N–H and O–H groups in total. The smallest absolute Gasteiger partial charge is 0.223 e. The molecular formula is C18H22N4O2. The van der Waals surface area contributed by atoms with Gasteiger partial charge >= 0.3 is 0 Å². The van der Waals surface area contributed by atoms with Crippen LogP contribution in [0.25, 0.3) is 6.08 Å². The molecule has 1 atom stereocenters. The lowest BCUT2D eigenvalue weighted by atomic mass is 10.1. The van der Waals surface area contributed by atoms with Gasteiger partial charge in [-0.1, -0.05) is 42.5 Å². The Balaban J connectivity index is 1.50. The Bertz CT molecular complexity index is 696. The number of ether oxygens (including phenoxy) is 1. The van der Waals surface area contributed by atoms with Gasteiger partial charge in [0.15, 0.2) is 5.82 Å². The first-order valence-electron chi connectivity index (χ1n) is 8.19. The van der Waals surface area contributed by atoms with Crippen LogP contribution in [0, 0.1) is 0 Å². The average Bonchev–Trinajstić information content (AvgIpc) is 3.05. The van der Waals surface area contributed by atoms with E-state index in [2.05, 4.69) is 16.3 Å². The van der Waals surface area contributed by atoms with Crippen LogP contribution >= 0.6 is 0 Å². The van der Waals surface area contributed by atoms with Crippen molar-refractivity contribution < 1.29 is 9.53 Å². The van der Waals surface area contributed by atoms with Crippen LogP contribution in [0.1, 0.15) is 30.3 Å². The third-order valence-electron chi connectivity index (χ3n) is 4.09. The van der Waals surface area contributed by atoms with Crippen LogP contribution in [-0.2, 0) is 16.6 Å². The van der Waals surface area contributed by atoms with Gasteiger partial charge in [0.05, 0.1) is 13.2 Å². The molecule has 1 aliphatic heterocycles. The van der Waals surface area contributed by atoms with Crippen molar-refractivity contribution in [2.75, 3.05) is 19.7 Å². The van der Waals surface area contributed by atoms with Crippen LogP contribution in [-0.4, -0.2) is 45.3 Å². The number of hydrogen-bond acceptors (Lipinski definition) is 4. The maximum Gasteiger partial charge on any atom is 0.223 e. The number of aryl methyl sites for hydroxylation is 1. The SMILES string of the molecule is Cn1cnnc1C1CN(C(=O)CC/C=C/c2ccccc2)CCO1. The molecule has 6 heteroatoms. The van der Waals surface area contributed by atoms with E-state index in [-0.39, 0.29) is 12.0 Å². The molecule has 1 aromatic carbocycles. The maximum absolute atomic E-state index is 12.4. The molecule has 1 saturated heterocycles. The Morgan fingerprint density at radius 3 is 2.96 bits per heavy atom. The van der Waals surface area contributed by atoms with Crippen molar-refractivity contribution in [2.24, 2.45) is 7.05 Å². The van der Waals surface area contributed by atoms with E-state index in [4.69, 9.17) is 4.74 Å². The molecule has 1 aliphatic rings. The van der Waals surface area contributed by atoms with Gasteiger partial charge in [0, 0.05) is 20.0 Å². The molecule has 126 valence electrons. The van der Waals surface area contributed by atoms with E-state index in [0.717, 1.165) is 17.8 Å². The molecular weight excluding hydrogens is 304 g/mol. The van der Waals surface area contributed by atoms with Crippen LogP contribution in [0.5, 0.6) is 0 Å². The first-order valence-corrected chi connectivity index (χ1v) is 8.19. The highest BCUT2D eigenvalue weighted by Crippen LogP contribution is 2.20. The van der Waals surface area contributed by atoms with Crippen LogP contribution in [0.3, 0.4) is 0 Å². The summed E-state index contributed by atoms with van der Waals surface area (Å²) in [5.41, 5.74) is 1.15. The Kier molecular flexibility index (Phi) is 5.38. The molecule has 1 amide bonds. The highest BCUT2D eigenvalue weighted by molar-refractivity contribution is 5.76. The van der Waals surface area contributed by atoms with Gasteiger partial charge in [-0.05, 0) is 12.0 Å². The van der Waals surface area contributed by atoms with Crippen molar-refractivity contribution in [3.05, 3.63) is 54.1 Å². The highest BCUT2D eigenvalue weighted by Gasteiger charge is 2.27. The van der Waals surface area contributed by atoms with E-state index < -0.39 is 0 Å². The molecule has 1 unspecified atom stereocenters.